The Labute approximate surface area is 165 Å². The lowest BCUT2D eigenvalue weighted by Gasteiger charge is -2.31. The minimum absolute atomic E-state index is 0.0349. The molecule has 0 aliphatic carbocycles. The van der Waals surface area contributed by atoms with Crippen LogP contribution in [0.15, 0.2) is 54.1 Å². The third-order valence-electron chi connectivity index (χ3n) is 5.07. The number of pyridine rings is 1. The van der Waals surface area contributed by atoms with E-state index in [1.54, 1.807) is 23.3 Å². The highest BCUT2D eigenvalue weighted by Crippen LogP contribution is 2.27. The maximum Gasteiger partial charge on any atom is 0.262 e. The van der Waals surface area contributed by atoms with Crippen molar-refractivity contribution >= 4 is 20.9 Å². The summed E-state index contributed by atoms with van der Waals surface area (Å²) in [6.07, 6.45) is 6.15. The summed E-state index contributed by atoms with van der Waals surface area (Å²) >= 11 is 0. The van der Waals surface area contributed by atoms with Crippen molar-refractivity contribution in [3.8, 4) is 5.75 Å². The second-order valence-electron chi connectivity index (χ2n) is 7.31. The van der Waals surface area contributed by atoms with Gasteiger partial charge in [0.1, 0.15) is 17.4 Å². The standard InChI is InChI=1S/C20H24N4O3S/c1-15(2)23-13-19(22-14-23)28(25,26)24-11-8-17(9-12-24)27-18-7-3-5-16-6-4-10-21-20(16)18/h3-7,10,13-15,17H,8-9,11-12H2,1-2H3. The molecule has 4 rings (SSSR count). The summed E-state index contributed by atoms with van der Waals surface area (Å²) in [5.74, 6) is 0.745. The second kappa shape index (κ2) is 7.52. The number of benzene rings is 1. The first kappa shape index (κ1) is 18.9. The van der Waals surface area contributed by atoms with Gasteiger partial charge in [0, 0.05) is 36.9 Å². The van der Waals surface area contributed by atoms with Crippen LogP contribution >= 0.6 is 0 Å². The molecule has 0 spiro atoms. The van der Waals surface area contributed by atoms with E-state index in [-0.39, 0.29) is 17.2 Å². The molecule has 0 N–H and O–H groups in total. The van der Waals surface area contributed by atoms with Gasteiger partial charge in [0.25, 0.3) is 10.0 Å². The summed E-state index contributed by atoms with van der Waals surface area (Å²) in [4.78, 5) is 8.51. The Kier molecular flexibility index (Phi) is 5.07. The van der Waals surface area contributed by atoms with Crippen LogP contribution in [0.2, 0.25) is 0 Å². The van der Waals surface area contributed by atoms with E-state index in [0.717, 1.165) is 16.7 Å². The van der Waals surface area contributed by atoms with Gasteiger partial charge in [0.05, 0.1) is 6.33 Å². The Morgan fingerprint density at radius 2 is 1.86 bits per heavy atom. The van der Waals surface area contributed by atoms with E-state index in [4.69, 9.17) is 4.74 Å². The van der Waals surface area contributed by atoms with Gasteiger partial charge in [-0.05, 0) is 38.8 Å². The zero-order valence-corrected chi connectivity index (χ0v) is 16.8. The number of rotatable bonds is 5. The van der Waals surface area contributed by atoms with E-state index in [0.29, 0.717) is 25.9 Å². The maximum atomic E-state index is 12.9. The molecule has 7 nitrogen and oxygen atoms in total. The molecule has 2 aromatic heterocycles. The van der Waals surface area contributed by atoms with Gasteiger partial charge in [-0.25, -0.2) is 13.4 Å². The Balaban J connectivity index is 1.44. The molecule has 1 fully saturated rings. The Morgan fingerprint density at radius 3 is 2.57 bits per heavy atom. The van der Waals surface area contributed by atoms with Crippen molar-refractivity contribution in [1.82, 2.24) is 18.8 Å². The van der Waals surface area contributed by atoms with Gasteiger partial charge in [-0.15, -0.1) is 0 Å². The third kappa shape index (κ3) is 3.62. The molecule has 0 atom stereocenters. The van der Waals surface area contributed by atoms with Crippen LogP contribution in [-0.2, 0) is 10.0 Å². The van der Waals surface area contributed by atoms with Crippen molar-refractivity contribution in [2.45, 2.75) is 43.9 Å². The van der Waals surface area contributed by atoms with Gasteiger partial charge in [-0.2, -0.15) is 4.31 Å². The van der Waals surface area contributed by atoms with Gasteiger partial charge >= 0.3 is 0 Å². The normalized spacial score (nSPS) is 16.7. The van der Waals surface area contributed by atoms with Gasteiger partial charge in [-0.1, -0.05) is 18.2 Å². The summed E-state index contributed by atoms with van der Waals surface area (Å²) in [6, 6.07) is 9.93. The van der Waals surface area contributed by atoms with Gasteiger partial charge in [0.15, 0.2) is 5.03 Å². The fraction of sp³-hybridized carbons (Fsp3) is 0.400. The summed E-state index contributed by atoms with van der Waals surface area (Å²) in [6.45, 7) is 4.81. The lowest BCUT2D eigenvalue weighted by Crippen LogP contribution is -2.41. The first-order chi connectivity index (χ1) is 13.4. The molecular weight excluding hydrogens is 376 g/mol. The average Bonchev–Trinajstić information content (AvgIpc) is 3.20. The highest BCUT2D eigenvalue weighted by molar-refractivity contribution is 7.89. The number of piperidine rings is 1. The Bertz CT molecular complexity index is 1060. The van der Waals surface area contributed by atoms with Crippen LogP contribution < -0.4 is 4.74 Å². The third-order valence-corrected chi connectivity index (χ3v) is 6.85. The maximum absolute atomic E-state index is 12.9. The predicted octanol–water partition coefficient (Wildman–Crippen LogP) is 3.24. The van der Waals surface area contributed by atoms with Crippen LogP contribution in [0.4, 0.5) is 0 Å². The molecule has 0 saturated carbocycles. The average molecular weight is 401 g/mol. The number of hydrogen-bond donors (Lipinski definition) is 0. The number of ether oxygens (including phenoxy) is 1. The lowest BCUT2D eigenvalue weighted by atomic mass is 10.1. The molecule has 0 unspecified atom stereocenters. The summed E-state index contributed by atoms with van der Waals surface area (Å²) < 4.78 is 35.2. The molecule has 1 saturated heterocycles. The van der Waals surface area contributed by atoms with Crippen LogP contribution in [0.1, 0.15) is 32.7 Å². The van der Waals surface area contributed by atoms with Crippen molar-refractivity contribution in [3.05, 3.63) is 49.1 Å². The number of sulfonamides is 1. The van der Waals surface area contributed by atoms with Crippen LogP contribution in [0, 0.1) is 0 Å². The van der Waals surface area contributed by atoms with E-state index in [1.807, 2.05) is 44.2 Å². The molecule has 0 radical (unpaired) electrons. The number of nitrogens with zero attached hydrogens (tertiary/aromatic N) is 4. The van der Waals surface area contributed by atoms with Gasteiger partial charge in [0.2, 0.25) is 0 Å². The van der Waals surface area contributed by atoms with Gasteiger partial charge in [-0.3, -0.25) is 4.98 Å². The van der Waals surface area contributed by atoms with E-state index < -0.39 is 10.0 Å². The van der Waals surface area contributed by atoms with E-state index in [9.17, 15) is 8.42 Å². The monoisotopic (exact) mass is 400 g/mol. The number of fused-ring (bicyclic) bond motifs is 1. The number of hydrogen-bond acceptors (Lipinski definition) is 5. The lowest BCUT2D eigenvalue weighted by molar-refractivity contribution is 0.136. The summed E-state index contributed by atoms with van der Waals surface area (Å²) in [7, 11) is -3.57. The molecule has 1 aromatic carbocycles. The van der Waals surface area contributed by atoms with Crippen LogP contribution in [0.3, 0.4) is 0 Å². The molecule has 0 bridgehead atoms. The van der Waals surface area contributed by atoms with Gasteiger partial charge < -0.3 is 9.30 Å². The summed E-state index contributed by atoms with van der Waals surface area (Å²) in [5, 5.41) is 1.14. The predicted molar refractivity (Wildman–Crippen MR) is 107 cm³/mol. The zero-order chi connectivity index (χ0) is 19.7. The van der Waals surface area contributed by atoms with E-state index in [2.05, 4.69) is 9.97 Å². The van der Waals surface area contributed by atoms with Crippen LogP contribution in [0.5, 0.6) is 5.75 Å². The fourth-order valence-corrected chi connectivity index (χ4v) is 4.80. The molecule has 28 heavy (non-hydrogen) atoms. The van der Waals surface area contributed by atoms with Crippen molar-refractivity contribution in [2.24, 2.45) is 0 Å². The SMILES string of the molecule is CC(C)n1cnc(S(=O)(=O)N2CCC(Oc3cccc4cccnc34)CC2)c1. The molecular formula is C20H24N4O3S. The number of para-hydroxylation sites is 1. The van der Waals surface area contributed by atoms with E-state index >= 15 is 0 Å². The smallest absolute Gasteiger partial charge is 0.262 e. The minimum Gasteiger partial charge on any atom is -0.488 e. The minimum atomic E-state index is -3.57. The second-order valence-corrected chi connectivity index (χ2v) is 9.19. The van der Waals surface area contributed by atoms with Crippen LogP contribution in [-0.4, -0.2) is 46.5 Å². The molecule has 1 aliphatic heterocycles. The van der Waals surface area contributed by atoms with E-state index in [1.165, 1.54) is 4.31 Å². The van der Waals surface area contributed by atoms with Crippen molar-refractivity contribution < 1.29 is 13.2 Å². The highest BCUT2D eigenvalue weighted by Gasteiger charge is 2.32. The van der Waals surface area contributed by atoms with Crippen LogP contribution in [0.25, 0.3) is 10.9 Å². The fourth-order valence-electron chi connectivity index (χ4n) is 3.41. The quantitative estimate of drug-likeness (QED) is 0.657. The summed E-state index contributed by atoms with van der Waals surface area (Å²) in [5.41, 5.74) is 0.833. The first-order valence-corrected chi connectivity index (χ1v) is 10.9. The highest BCUT2D eigenvalue weighted by atomic mass is 32.2. The van der Waals surface area contributed by atoms with Crippen molar-refractivity contribution in [2.75, 3.05) is 13.1 Å². The molecule has 148 valence electrons. The first-order valence-electron chi connectivity index (χ1n) is 9.49. The topological polar surface area (TPSA) is 77.3 Å². The Morgan fingerprint density at radius 1 is 1.11 bits per heavy atom. The number of aromatic nitrogens is 3. The largest absolute Gasteiger partial charge is 0.488 e. The van der Waals surface area contributed by atoms with Crippen molar-refractivity contribution in [3.63, 3.8) is 0 Å². The zero-order valence-electron chi connectivity index (χ0n) is 16.0. The molecule has 0 amide bonds. The number of imidazole rings is 1. The molecule has 1 aliphatic rings. The molecule has 3 heterocycles. The molecule has 8 heteroatoms. The van der Waals surface area contributed by atoms with Crippen molar-refractivity contribution in [1.29, 1.82) is 0 Å². The Hall–Kier alpha value is -2.45. The molecule has 3 aromatic rings.